The Labute approximate surface area is 144 Å². The Hall–Kier alpha value is -1.44. The van der Waals surface area contributed by atoms with Crippen molar-refractivity contribution in [3.8, 4) is 0 Å². The van der Waals surface area contributed by atoms with E-state index < -0.39 is 16.0 Å². The molecule has 1 N–H and O–H groups in total. The average molecular weight is 354 g/mol. The minimum Gasteiger partial charge on any atom is -0.481 e. The van der Waals surface area contributed by atoms with Crippen molar-refractivity contribution >= 4 is 16.0 Å². The number of carboxylic acids is 1. The van der Waals surface area contributed by atoms with E-state index in [0.29, 0.717) is 31.1 Å². The molecule has 0 amide bonds. The molecule has 1 aliphatic heterocycles. The van der Waals surface area contributed by atoms with Crippen LogP contribution in [0.5, 0.6) is 0 Å². The molecule has 1 aromatic carbocycles. The van der Waals surface area contributed by atoms with Crippen LogP contribution in [0.3, 0.4) is 0 Å². The third-order valence-electron chi connectivity index (χ3n) is 4.53. The zero-order chi connectivity index (χ0) is 17.7. The summed E-state index contributed by atoms with van der Waals surface area (Å²) < 4.78 is 26.4. The summed E-state index contributed by atoms with van der Waals surface area (Å²) in [5.41, 5.74) is 1.000. The predicted molar refractivity (Wildman–Crippen MR) is 92.2 cm³/mol. The summed E-state index contributed by atoms with van der Waals surface area (Å²) in [7, 11) is -3.43. The predicted octanol–water partition coefficient (Wildman–Crippen LogP) is 2.01. The minimum atomic E-state index is -3.43. The fourth-order valence-electron chi connectivity index (χ4n) is 3.14. The van der Waals surface area contributed by atoms with Crippen molar-refractivity contribution in [2.45, 2.75) is 38.1 Å². The molecule has 0 radical (unpaired) electrons. The maximum Gasteiger partial charge on any atom is 0.307 e. The highest BCUT2D eigenvalue weighted by Crippen LogP contribution is 2.20. The summed E-state index contributed by atoms with van der Waals surface area (Å²) >= 11 is 0. The first-order valence-corrected chi connectivity index (χ1v) is 9.86. The van der Waals surface area contributed by atoms with Gasteiger partial charge in [0.1, 0.15) is 0 Å². The Morgan fingerprint density at radius 2 is 1.88 bits per heavy atom. The van der Waals surface area contributed by atoms with E-state index in [9.17, 15) is 13.2 Å². The molecule has 1 fully saturated rings. The zero-order valence-electron chi connectivity index (χ0n) is 14.3. The van der Waals surface area contributed by atoms with E-state index in [1.54, 1.807) is 12.1 Å². The monoisotopic (exact) mass is 354 g/mol. The van der Waals surface area contributed by atoms with E-state index in [-0.39, 0.29) is 5.92 Å². The van der Waals surface area contributed by atoms with Crippen LogP contribution >= 0.6 is 0 Å². The Morgan fingerprint density at radius 3 is 2.42 bits per heavy atom. The van der Waals surface area contributed by atoms with Gasteiger partial charge in [-0.15, -0.1) is 0 Å². The number of benzene rings is 1. The summed E-state index contributed by atoms with van der Waals surface area (Å²) in [4.78, 5) is 13.6. The Kier molecular flexibility index (Phi) is 6.37. The van der Waals surface area contributed by atoms with Gasteiger partial charge in [-0.2, -0.15) is 4.31 Å². The van der Waals surface area contributed by atoms with Gasteiger partial charge >= 0.3 is 5.97 Å². The number of aliphatic carboxylic acids is 1. The molecule has 0 saturated carbocycles. The van der Waals surface area contributed by atoms with Crippen LogP contribution in [0.25, 0.3) is 0 Å². The van der Waals surface area contributed by atoms with Gasteiger partial charge in [-0.3, -0.25) is 9.69 Å². The lowest BCUT2D eigenvalue weighted by Gasteiger charge is -2.30. The minimum absolute atomic E-state index is 0.303. The number of rotatable bonds is 7. The highest BCUT2D eigenvalue weighted by atomic mass is 32.2. The fourth-order valence-corrected chi connectivity index (χ4v) is 4.60. The standard InChI is InChI=1S/C17H26N2O4S/c1-3-19(4-2)24(22,23)16-9-7-14(8-10-16)12-18-11-5-6-15(13-18)17(20)21/h7-10,15H,3-6,11-13H2,1-2H3,(H,20,21). The molecule has 1 unspecified atom stereocenters. The molecular formula is C17H26N2O4S. The second kappa shape index (κ2) is 8.09. The number of carbonyl (C=O) groups is 1. The molecule has 1 aromatic rings. The molecule has 1 aliphatic rings. The first-order valence-electron chi connectivity index (χ1n) is 8.42. The Balaban J connectivity index is 2.06. The van der Waals surface area contributed by atoms with Crippen LogP contribution in [-0.2, 0) is 21.4 Å². The van der Waals surface area contributed by atoms with Gasteiger partial charge in [-0.1, -0.05) is 26.0 Å². The second-order valence-corrected chi connectivity index (χ2v) is 8.08. The van der Waals surface area contributed by atoms with Gasteiger partial charge in [-0.05, 0) is 37.1 Å². The summed E-state index contributed by atoms with van der Waals surface area (Å²) in [6, 6.07) is 6.92. The summed E-state index contributed by atoms with van der Waals surface area (Å²) in [6.07, 6.45) is 1.61. The van der Waals surface area contributed by atoms with Crippen molar-refractivity contribution < 1.29 is 18.3 Å². The molecule has 6 nitrogen and oxygen atoms in total. The normalized spacial score (nSPS) is 19.5. The first kappa shape index (κ1) is 18.9. The third kappa shape index (κ3) is 4.34. The van der Waals surface area contributed by atoms with Crippen molar-refractivity contribution in [3.63, 3.8) is 0 Å². The molecule has 1 saturated heterocycles. The maximum atomic E-state index is 12.5. The molecular weight excluding hydrogens is 328 g/mol. The fraction of sp³-hybridized carbons (Fsp3) is 0.588. The molecule has 7 heteroatoms. The summed E-state index contributed by atoms with van der Waals surface area (Å²) in [5, 5.41) is 9.15. The van der Waals surface area contributed by atoms with Crippen molar-refractivity contribution in [2.24, 2.45) is 5.92 Å². The van der Waals surface area contributed by atoms with Gasteiger partial charge in [-0.25, -0.2) is 8.42 Å². The van der Waals surface area contributed by atoms with E-state index in [1.807, 2.05) is 26.0 Å². The molecule has 24 heavy (non-hydrogen) atoms. The van der Waals surface area contributed by atoms with E-state index in [4.69, 9.17) is 5.11 Å². The number of piperidine rings is 1. The van der Waals surface area contributed by atoms with Crippen LogP contribution < -0.4 is 0 Å². The van der Waals surface area contributed by atoms with E-state index in [1.165, 1.54) is 4.31 Å². The van der Waals surface area contributed by atoms with Crippen LogP contribution in [0, 0.1) is 5.92 Å². The average Bonchev–Trinajstić information content (AvgIpc) is 2.56. The number of hydrogen-bond donors (Lipinski definition) is 1. The number of carboxylic acid groups (broad SMARTS) is 1. The SMILES string of the molecule is CCN(CC)S(=O)(=O)c1ccc(CN2CCCC(C(=O)O)C2)cc1. The van der Waals surface area contributed by atoms with Gasteiger partial charge < -0.3 is 5.11 Å². The van der Waals surface area contributed by atoms with Crippen molar-refractivity contribution in [2.75, 3.05) is 26.2 Å². The third-order valence-corrected chi connectivity index (χ3v) is 6.59. The lowest BCUT2D eigenvalue weighted by molar-refractivity contribution is -0.143. The molecule has 2 rings (SSSR count). The number of nitrogens with zero attached hydrogens (tertiary/aromatic N) is 2. The lowest BCUT2D eigenvalue weighted by atomic mass is 9.98. The zero-order valence-corrected chi connectivity index (χ0v) is 15.1. The van der Waals surface area contributed by atoms with Crippen molar-refractivity contribution in [1.82, 2.24) is 9.21 Å². The lowest BCUT2D eigenvalue weighted by Crippen LogP contribution is -2.38. The maximum absolute atomic E-state index is 12.5. The number of sulfonamides is 1. The van der Waals surface area contributed by atoms with Gasteiger partial charge in [0.15, 0.2) is 0 Å². The molecule has 1 atom stereocenters. The molecule has 0 bridgehead atoms. The summed E-state index contributed by atoms with van der Waals surface area (Å²) in [6.45, 7) is 6.62. The Morgan fingerprint density at radius 1 is 1.25 bits per heavy atom. The first-order chi connectivity index (χ1) is 11.4. The van der Waals surface area contributed by atoms with Crippen LogP contribution in [0.2, 0.25) is 0 Å². The van der Waals surface area contributed by atoms with Crippen LogP contribution in [0.1, 0.15) is 32.3 Å². The van der Waals surface area contributed by atoms with Gasteiger partial charge in [0.05, 0.1) is 10.8 Å². The van der Waals surface area contributed by atoms with E-state index in [0.717, 1.165) is 24.9 Å². The van der Waals surface area contributed by atoms with Crippen LogP contribution in [-0.4, -0.2) is 54.9 Å². The van der Waals surface area contributed by atoms with Crippen LogP contribution in [0.4, 0.5) is 0 Å². The molecule has 134 valence electrons. The van der Waals surface area contributed by atoms with Gasteiger partial charge in [0.25, 0.3) is 0 Å². The quantitative estimate of drug-likeness (QED) is 0.810. The number of hydrogen-bond acceptors (Lipinski definition) is 4. The number of likely N-dealkylation sites (tertiary alicyclic amines) is 1. The highest BCUT2D eigenvalue weighted by molar-refractivity contribution is 7.89. The summed E-state index contributed by atoms with van der Waals surface area (Å²) in [5.74, 6) is -1.04. The molecule has 0 aromatic heterocycles. The van der Waals surface area contributed by atoms with Crippen molar-refractivity contribution in [1.29, 1.82) is 0 Å². The molecule has 0 spiro atoms. The molecule has 0 aliphatic carbocycles. The van der Waals surface area contributed by atoms with E-state index in [2.05, 4.69) is 4.90 Å². The van der Waals surface area contributed by atoms with Gasteiger partial charge in [0, 0.05) is 26.2 Å². The second-order valence-electron chi connectivity index (χ2n) is 6.15. The van der Waals surface area contributed by atoms with Crippen molar-refractivity contribution in [3.05, 3.63) is 29.8 Å². The molecule has 1 heterocycles. The van der Waals surface area contributed by atoms with Crippen LogP contribution in [0.15, 0.2) is 29.2 Å². The van der Waals surface area contributed by atoms with E-state index >= 15 is 0 Å². The largest absolute Gasteiger partial charge is 0.481 e. The smallest absolute Gasteiger partial charge is 0.307 e. The topological polar surface area (TPSA) is 77.9 Å². The van der Waals surface area contributed by atoms with Gasteiger partial charge in [0.2, 0.25) is 10.0 Å². The highest BCUT2D eigenvalue weighted by Gasteiger charge is 2.25. The Bertz CT molecular complexity index is 654.